The van der Waals surface area contributed by atoms with E-state index in [0.29, 0.717) is 0 Å². The first-order valence-electron chi connectivity index (χ1n) is 6.04. The van der Waals surface area contributed by atoms with E-state index in [1.165, 1.54) is 12.1 Å². The summed E-state index contributed by atoms with van der Waals surface area (Å²) in [5.41, 5.74) is 6.29. The Hall–Kier alpha value is -1.47. The molecule has 3 N–H and O–H groups in total. The number of carbonyl (C=O) groups is 1. The van der Waals surface area contributed by atoms with E-state index in [0.717, 1.165) is 5.56 Å². The second-order valence-corrected chi connectivity index (χ2v) is 4.53. The molecule has 0 saturated carbocycles. The summed E-state index contributed by atoms with van der Waals surface area (Å²) in [5.74, 6) is -0.820. The van der Waals surface area contributed by atoms with Crippen LogP contribution < -0.4 is 15.8 Å². The number of amides is 1. The van der Waals surface area contributed by atoms with E-state index in [9.17, 15) is 18.0 Å². The lowest BCUT2D eigenvalue weighted by Gasteiger charge is -2.16. The van der Waals surface area contributed by atoms with Crippen molar-refractivity contribution < 1.29 is 22.7 Å². The van der Waals surface area contributed by atoms with Gasteiger partial charge in [0.15, 0.2) is 6.61 Å². The molecule has 0 bridgehead atoms. The minimum atomic E-state index is -4.43. The largest absolute Gasteiger partial charge is 0.482 e. The van der Waals surface area contributed by atoms with Crippen molar-refractivity contribution >= 4 is 24.0 Å². The van der Waals surface area contributed by atoms with Crippen LogP contribution in [0.15, 0.2) is 18.2 Å². The highest BCUT2D eigenvalue weighted by molar-refractivity contribution is 5.93. The monoisotopic (exact) mass is 326 g/mol. The summed E-state index contributed by atoms with van der Waals surface area (Å²) in [6.45, 7) is 2.08. The summed E-state index contributed by atoms with van der Waals surface area (Å²) in [7, 11) is 0. The van der Waals surface area contributed by atoms with Gasteiger partial charge in [-0.15, -0.1) is 12.4 Å². The molecule has 0 spiro atoms. The van der Waals surface area contributed by atoms with Gasteiger partial charge in [0, 0.05) is 12.5 Å². The molecule has 0 radical (unpaired) electrons. The number of carbonyl (C=O) groups excluding carboxylic acids is 1. The van der Waals surface area contributed by atoms with Crippen LogP contribution in [0, 0.1) is 12.8 Å². The van der Waals surface area contributed by atoms with Crippen molar-refractivity contribution in [2.24, 2.45) is 11.7 Å². The number of alkyl halides is 3. The first-order valence-corrected chi connectivity index (χ1v) is 6.04. The lowest BCUT2D eigenvalue weighted by molar-refractivity contribution is -0.153. The van der Waals surface area contributed by atoms with Crippen molar-refractivity contribution in [2.75, 3.05) is 18.5 Å². The Morgan fingerprint density at radius 3 is 2.57 bits per heavy atom. The van der Waals surface area contributed by atoms with Gasteiger partial charge in [0.25, 0.3) is 0 Å². The standard InChI is InChI=1S/C13H17F3N2O2.ClH/c1-8-3-4-10(18-12(19)9(2)6-17)11(5-8)20-7-13(14,15)16;/h3-5,9H,6-7,17H2,1-2H3,(H,18,19);1H. The smallest absolute Gasteiger partial charge is 0.422 e. The molecule has 1 aromatic rings. The lowest BCUT2D eigenvalue weighted by Crippen LogP contribution is -2.27. The normalized spacial score (nSPS) is 12.3. The van der Waals surface area contributed by atoms with Crippen molar-refractivity contribution in [1.82, 2.24) is 0 Å². The maximum atomic E-state index is 12.2. The average molecular weight is 327 g/mol. The van der Waals surface area contributed by atoms with E-state index in [1.807, 2.05) is 0 Å². The Morgan fingerprint density at radius 2 is 2.05 bits per heavy atom. The maximum absolute atomic E-state index is 12.2. The molecule has 1 amide bonds. The number of rotatable bonds is 5. The highest BCUT2D eigenvalue weighted by Crippen LogP contribution is 2.28. The molecule has 0 fully saturated rings. The van der Waals surface area contributed by atoms with Gasteiger partial charge >= 0.3 is 6.18 Å². The highest BCUT2D eigenvalue weighted by Gasteiger charge is 2.29. The van der Waals surface area contributed by atoms with Crippen LogP contribution in [-0.4, -0.2) is 25.2 Å². The fourth-order valence-electron chi connectivity index (χ4n) is 1.37. The topological polar surface area (TPSA) is 64.4 Å². The van der Waals surface area contributed by atoms with Crippen molar-refractivity contribution in [3.05, 3.63) is 23.8 Å². The first kappa shape index (κ1) is 19.5. The summed E-state index contributed by atoms with van der Waals surface area (Å²) in [6, 6.07) is 4.61. The van der Waals surface area contributed by atoms with E-state index in [1.54, 1.807) is 19.9 Å². The molecule has 120 valence electrons. The van der Waals surface area contributed by atoms with Crippen LogP contribution in [0.25, 0.3) is 0 Å². The molecule has 1 rings (SSSR count). The molecule has 0 aliphatic carbocycles. The Labute approximate surface area is 127 Å². The Balaban J connectivity index is 0.00000400. The second kappa shape index (κ2) is 8.09. The third kappa shape index (κ3) is 6.68. The van der Waals surface area contributed by atoms with Crippen LogP contribution >= 0.6 is 12.4 Å². The van der Waals surface area contributed by atoms with Crippen LogP contribution in [-0.2, 0) is 4.79 Å². The Morgan fingerprint density at radius 1 is 1.43 bits per heavy atom. The number of aryl methyl sites for hydroxylation is 1. The SMILES string of the molecule is Cc1ccc(NC(=O)C(C)CN)c(OCC(F)(F)F)c1.Cl. The first-order chi connectivity index (χ1) is 9.23. The molecule has 1 atom stereocenters. The summed E-state index contributed by atoms with van der Waals surface area (Å²) in [5, 5.41) is 2.51. The van der Waals surface area contributed by atoms with Crippen LogP contribution in [0.5, 0.6) is 5.75 Å². The van der Waals surface area contributed by atoms with Crippen LogP contribution in [0.4, 0.5) is 18.9 Å². The predicted molar refractivity (Wildman–Crippen MR) is 76.8 cm³/mol. The number of hydrogen-bond acceptors (Lipinski definition) is 3. The number of halogens is 4. The Kier molecular flexibility index (Phi) is 7.52. The van der Waals surface area contributed by atoms with E-state index in [-0.39, 0.29) is 36.3 Å². The van der Waals surface area contributed by atoms with Gasteiger partial charge < -0.3 is 15.8 Å². The minimum Gasteiger partial charge on any atom is -0.482 e. The van der Waals surface area contributed by atoms with Gasteiger partial charge in [-0.1, -0.05) is 13.0 Å². The molecule has 21 heavy (non-hydrogen) atoms. The Bertz CT molecular complexity index is 481. The van der Waals surface area contributed by atoms with Gasteiger partial charge in [0.2, 0.25) is 5.91 Å². The number of hydrogen-bond donors (Lipinski definition) is 2. The van der Waals surface area contributed by atoms with E-state index < -0.39 is 18.7 Å². The van der Waals surface area contributed by atoms with Gasteiger partial charge in [-0.3, -0.25) is 4.79 Å². The summed E-state index contributed by atoms with van der Waals surface area (Å²) in [6.07, 6.45) is -4.43. The van der Waals surface area contributed by atoms with Crippen molar-refractivity contribution in [1.29, 1.82) is 0 Å². The molecule has 0 aromatic heterocycles. The fraction of sp³-hybridized carbons (Fsp3) is 0.462. The van der Waals surface area contributed by atoms with Crippen LogP contribution in [0.1, 0.15) is 12.5 Å². The fourth-order valence-corrected chi connectivity index (χ4v) is 1.37. The van der Waals surface area contributed by atoms with Crippen LogP contribution in [0.2, 0.25) is 0 Å². The van der Waals surface area contributed by atoms with Gasteiger partial charge in [-0.25, -0.2) is 0 Å². The summed E-state index contributed by atoms with van der Waals surface area (Å²) < 4.78 is 41.3. The van der Waals surface area contributed by atoms with Crippen molar-refractivity contribution in [3.63, 3.8) is 0 Å². The minimum absolute atomic E-state index is 0. The number of anilines is 1. The molecular formula is C13H18ClF3N2O2. The maximum Gasteiger partial charge on any atom is 0.422 e. The van der Waals surface area contributed by atoms with Crippen LogP contribution in [0.3, 0.4) is 0 Å². The van der Waals surface area contributed by atoms with Gasteiger partial charge in [-0.2, -0.15) is 13.2 Å². The zero-order valence-electron chi connectivity index (χ0n) is 11.7. The number of nitrogens with one attached hydrogen (secondary N) is 1. The van der Waals surface area contributed by atoms with E-state index >= 15 is 0 Å². The number of ether oxygens (including phenoxy) is 1. The molecule has 0 aliphatic rings. The second-order valence-electron chi connectivity index (χ2n) is 4.53. The number of benzene rings is 1. The molecule has 8 heteroatoms. The van der Waals surface area contributed by atoms with Gasteiger partial charge in [0.1, 0.15) is 5.75 Å². The third-order valence-corrected chi connectivity index (χ3v) is 2.59. The molecule has 1 unspecified atom stereocenters. The molecular weight excluding hydrogens is 309 g/mol. The van der Waals surface area contributed by atoms with Gasteiger partial charge in [0.05, 0.1) is 5.69 Å². The average Bonchev–Trinajstić information content (AvgIpc) is 2.36. The zero-order chi connectivity index (χ0) is 15.3. The van der Waals surface area contributed by atoms with Crippen molar-refractivity contribution in [3.8, 4) is 5.75 Å². The quantitative estimate of drug-likeness (QED) is 0.874. The molecule has 0 saturated heterocycles. The lowest BCUT2D eigenvalue weighted by atomic mass is 10.1. The van der Waals surface area contributed by atoms with Gasteiger partial charge in [-0.05, 0) is 24.6 Å². The third-order valence-electron chi connectivity index (χ3n) is 2.59. The zero-order valence-corrected chi connectivity index (χ0v) is 12.5. The van der Waals surface area contributed by atoms with E-state index in [2.05, 4.69) is 5.32 Å². The summed E-state index contributed by atoms with van der Waals surface area (Å²) in [4.78, 5) is 11.7. The van der Waals surface area contributed by atoms with Crippen molar-refractivity contribution in [2.45, 2.75) is 20.0 Å². The van der Waals surface area contributed by atoms with E-state index in [4.69, 9.17) is 10.5 Å². The molecule has 1 aromatic carbocycles. The molecule has 4 nitrogen and oxygen atoms in total. The summed E-state index contributed by atoms with van der Waals surface area (Å²) >= 11 is 0. The number of nitrogens with two attached hydrogens (primary N) is 1. The predicted octanol–water partition coefficient (Wildman–Crippen LogP) is 2.89. The highest BCUT2D eigenvalue weighted by atomic mass is 35.5. The molecule has 0 aliphatic heterocycles. The molecule has 0 heterocycles.